The zero-order chi connectivity index (χ0) is 23.3. The van der Waals surface area contributed by atoms with Gasteiger partial charge in [0.1, 0.15) is 11.5 Å². The van der Waals surface area contributed by atoms with Gasteiger partial charge in [0, 0.05) is 29.2 Å². The standard InChI is InChI=1S/C25H28Cl2N2O4/c26-18-1-5-21(6-2-18)32-15-23(30)28-20-9-11-25(12-10-20)13-14-29(17-25)24(31)16-33-22-7-3-19(27)4-8-22/h1-8,20H,9-17H2,(H,28,30). The van der Waals surface area contributed by atoms with Crippen molar-refractivity contribution in [3.8, 4) is 11.5 Å². The van der Waals surface area contributed by atoms with Gasteiger partial charge in [-0.1, -0.05) is 23.2 Å². The van der Waals surface area contributed by atoms with Crippen LogP contribution in [0.5, 0.6) is 11.5 Å². The minimum atomic E-state index is -0.117. The minimum absolute atomic E-state index is 0.0107. The van der Waals surface area contributed by atoms with Crippen LogP contribution in [0, 0.1) is 5.41 Å². The lowest BCUT2D eigenvalue weighted by Crippen LogP contribution is -2.43. The Kier molecular flexibility index (Phi) is 7.66. The smallest absolute Gasteiger partial charge is 0.260 e. The maximum Gasteiger partial charge on any atom is 0.260 e. The topological polar surface area (TPSA) is 67.9 Å². The van der Waals surface area contributed by atoms with E-state index in [2.05, 4.69) is 5.32 Å². The molecule has 0 radical (unpaired) electrons. The fourth-order valence-corrected chi connectivity index (χ4v) is 4.90. The number of benzene rings is 2. The molecular formula is C25H28Cl2N2O4. The fraction of sp³-hybridized carbons (Fsp3) is 0.440. The summed E-state index contributed by atoms with van der Waals surface area (Å²) < 4.78 is 11.1. The SMILES string of the molecule is O=C(COc1ccc(Cl)cc1)NC1CCC2(CC1)CCN(C(=O)COc1ccc(Cl)cc1)C2. The summed E-state index contributed by atoms with van der Waals surface area (Å²) in [5, 5.41) is 4.35. The first-order chi connectivity index (χ1) is 15.9. The number of amides is 2. The van der Waals surface area contributed by atoms with E-state index >= 15 is 0 Å². The van der Waals surface area contributed by atoms with E-state index in [9.17, 15) is 9.59 Å². The molecule has 0 bridgehead atoms. The van der Waals surface area contributed by atoms with Crippen LogP contribution in [0.1, 0.15) is 32.1 Å². The Bertz CT molecular complexity index is 957. The Balaban J connectivity index is 1.17. The third-order valence-corrected chi connectivity index (χ3v) is 7.07. The minimum Gasteiger partial charge on any atom is -0.484 e. The molecular weight excluding hydrogens is 463 g/mol. The summed E-state index contributed by atoms with van der Waals surface area (Å²) >= 11 is 11.7. The van der Waals surface area contributed by atoms with Crippen LogP contribution in [0.15, 0.2) is 48.5 Å². The lowest BCUT2D eigenvalue weighted by molar-refractivity contribution is -0.132. The highest BCUT2D eigenvalue weighted by atomic mass is 35.5. The molecule has 2 aromatic rings. The number of nitrogens with one attached hydrogen (secondary N) is 1. The molecule has 176 valence electrons. The quantitative estimate of drug-likeness (QED) is 0.608. The van der Waals surface area contributed by atoms with Crippen molar-refractivity contribution < 1.29 is 19.1 Å². The predicted octanol–water partition coefficient (Wildman–Crippen LogP) is 4.73. The molecule has 6 nitrogen and oxygen atoms in total. The summed E-state index contributed by atoms with van der Waals surface area (Å²) in [4.78, 5) is 26.8. The van der Waals surface area contributed by atoms with Gasteiger partial charge in [0.05, 0.1) is 0 Å². The van der Waals surface area contributed by atoms with Crippen molar-refractivity contribution in [1.82, 2.24) is 10.2 Å². The van der Waals surface area contributed by atoms with Gasteiger partial charge in [0.25, 0.3) is 11.8 Å². The van der Waals surface area contributed by atoms with Gasteiger partial charge in [0.2, 0.25) is 0 Å². The highest BCUT2D eigenvalue weighted by Gasteiger charge is 2.42. The van der Waals surface area contributed by atoms with Crippen molar-refractivity contribution >= 4 is 35.0 Å². The molecule has 2 aromatic carbocycles. The summed E-state index contributed by atoms with van der Waals surface area (Å²) in [7, 11) is 0. The van der Waals surface area contributed by atoms with Gasteiger partial charge < -0.3 is 19.7 Å². The van der Waals surface area contributed by atoms with Crippen LogP contribution >= 0.6 is 23.2 Å². The molecule has 33 heavy (non-hydrogen) atoms. The first kappa shape index (κ1) is 23.7. The van der Waals surface area contributed by atoms with E-state index in [1.54, 1.807) is 48.5 Å². The van der Waals surface area contributed by atoms with Crippen molar-refractivity contribution in [2.75, 3.05) is 26.3 Å². The zero-order valence-corrected chi connectivity index (χ0v) is 19.9. The van der Waals surface area contributed by atoms with Crippen molar-refractivity contribution in [2.45, 2.75) is 38.1 Å². The third-order valence-electron chi connectivity index (χ3n) is 6.56. The van der Waals surface area contributed by atoms with Crippen molar-refractivity contribution in [3.63, 3.8) is 0 Å². The average Bonchev–Trinajstić information content (AvgIpc) is 3.23. The number of hydrogen-bond acceptors (Lipinski definition) is 4. The van der Waals surface area contributed by atoms with Gasteiger partial charge in [-0.05, 0) is 86.1 Å². The molecule has 2 amide bonds. The van der Waals surface area contributed by atoms with Gasteiger partial charge in [-0.2, -0.15) is 0 Å². The number of hydrogen-bond donors (Lipinski definition) is 1. The van der Waals surface area contributed by atoms with Gasteiger partial charge in [0.15, 0.2) is 13.2 Å². The maximum atomic E-state index is 12.6. The molecule has 1 aliphatic carbocycles. The van der Waals surface area contributed by atoms with Crippen LogP contribution in [0.2, 0.25) is 10.0 Å². The molecule has 0 aromatic heterocycles. The Morgan fingerprint density at radius 2 is 1.42 bits per heavy atom. The van der Waals surface area contributed by atoms with Crippen LogP contribution in [-0.2, 0) is 9.59 Å². The van der Waals surface area contributed by atoms with Crippen LogP contribution in [0.3, 0.4) is 0 Å². The lowest BCUT2D eigenvalue weighted by atomic mass is 9.72. The summed E-state index contributed by atoms with van der Waals surface area (Å²) in [5.41, 5.74) is 0.150. The Morgan fingerprint density at radius 3 is 2.00 bits per heavy atom. The molecule has 8 heteroatoms. The van der Waals surface area contributed by atoms with E-state index in [0.717, 1.165) is 45.2 Å². The van der Waals surface area contributed by atoms with Gasteiger partial charge >= 0.3 is 0 Å². The molecule has 1 saturated carbocycles. The first-order valence-electron chi connectivity index (χ1n) is 11.2. The van der Waals surface area contributed by atoms with E-state index in [4.69, 9.17) is 32.7 Å². The highest BCUT2D eigenvalue weighted by Crippen LogP contribution is 2.43. The van der Waals surface area contributed by atoms with E-state index in [0.29, 0.717) is 21.5 Å². The normalized spacial score (nSPS) is 22.2. The first-order valence-corrected chi connectivity index (χ1v) is 12.0. The third kappa shape index (κ3) is 6.55. The predicted molar refractivity (Wildman–Crippen MR) is 128 cm³/mol. The fourth-order valence-electron chi connectivity index (χ4n) is 4.65. The van der Waals surface area contributed by atoms with E-state index in [1.807, 2.05) is 4.90 Å². The van der Waals surface area contributed by atoms with Crippen LogP contribution < -0.4 is 14.8 Å². The number of likely N-dealkylation sites (tertiary alicyclic amines) is 1. The van der Waals surface area contributed by atoms with E-state index in [1.165, 1.54) is 0 Å². The maximum absolute atomic E-state index is 12.6. The second kappa shape index (κ2) is 10.7. The van der Waals surface area contributed by atoms with Gasteiger partial charge in [-0.3, -0.25) is 9.59 Å². The summed E-state index contributed by atoms with van der Waals surface area (Å²) in [6.07, 6.45) is 4.82. The summed E-state index contributed by atoms with van der Waals surface area (Å²) in [6.45, 7) is 1.54. The highest BCUT2D eigenvalue weighted by molar-refractivity contribution is 6.30. The molecule has 0 atom stereocenters. The number of halogens is 2. The summed E-state index contributed by atoms with van der Waals surface area (Å²) in [6, 6.07) is 14.1. The summed E-state index contributed by atoms with van der Waals surface area (Å²) in [5.74, 6) is 1.15. The van der Waals surface area contributed by atoms with Gasteiger partial charge in [-0.15, -0.1) is 0 Å². The lowest BCUT2D eigenvalue weighted by Gasteiger charge is -2.37. The second-order valence-electron chi connectivity index (χ2n) is 8.89. The van der Waals surface area contributed by atoms with Crippen LogP contribution in [0.25, 0.3) is 0 Å². The number of carbonyl (C=O) groups is 2. The molecule has 1 spiro atoms. The van der Waals surface area contributed by atoms with Crippen molar-refractivity contribution in [2.24, 2.45) is 5.41 Å². The number of carbonyl (C=O) groups excluding carboxylic acids is 2. The van der Waals surface area contributed by atoms with Gasteiger partial charge in [-0.25, -0.2) is 0 Å². The second-order valence-corrected chi connectivity index (χ2v) is 9.77. The van der Waals surface area contributed by atoms with E-state index < -0.39 is 0 Å². The van der Waals surface area contributed by atoms with Crippen molar-refractivity contribution in [1.29, 1.82) is 0 Å². The Labute approximate surface area is 204 Å². The van der Waals surface area contributed by atoms with E-state index in [-0.39, 0.29) is 36.5 Å². The molecule has 2 fully saturated rings. The molecule has 1 aliphatic heterocycles. The number of rotatable bonds is 7. The Morgan fingerprint density at radius 1 is 0.879 bits per heavy atom. The molecule has 0 unspecified atom stereocenters. The number of nitrogens with zero attached hydrogens (tertiary/aromatic N) is 1. The molecule has 1 N–H and O–H groups in total. The molecule has 4 rings (SSSR count). The average molecular weight is 491 g/mol. The number of ether oxygens (including phenoxy) is 2. The zero-order valence-electron chi connectivity index (χ0n) is 18.4. The Hall–Kier alpha value is -2.44. The van der Waals surface area contributed by atoms with Crippen LogP contribution in [-0.4, -0.2) is 49.1 Å². The molecule has 1 heterocycles. The van der Waals surface area contributed by atoms with Crippen molar-refractivity contribution in [3.05, 3.63) is 58.6 Å². The van der Waals surface area contributed by atoms with Crippen LogP contribution in [0.4, 0.5) is 0 Å². The largest absolute Gasteiger partial charge is 0.484 e. The monoisotopic (exact) mass is 490 g/mol. The molecule has 1 saturated heterocycles. The molecule has 2 aliphatic rings.